The van der Waals surface area contributed by atoms with Crippen LogP contribution in [0.5, 0.6) is 11.5 Å². The molecule has 0 saturated heterocycles. The van der Waals surface area contributed by atoms with Crippen molar-refractivity contribution in [3.05, 3.63) is 54.1 Å². The van der Waals surface area contributed by atoms with Crippen molar-refractivity contribution in [2.45, 2.75) is 38.0 Å². The second-order valence-corrected chi connectivity index (χ2v) is 7.36. The first-order valence-corrected chi connectivity index (χ1v) is 9.84. The second kappa shape index (κ2) is 9.31. The number of aliphatic hydroxyl groups is 1. The quantitative estimate of drug-likeness (QED) is 0.644. The Bertz CT molecular complexity index is 908. The molecule has 0 saturated carbocycles. The third kappa shape index (κ3) is 4.16. The first-order chi connectivity index (χ1) is 14.0. The first kappa shape index (κ1) is 22.5. The molecule has 0 radical (unpaired) electrons. The van der Waals surface area contributed by atoms with Crippen molar-refractivity contribution in [1.82, 2.24) is 0 Å². The van der Waals surface area contributed by atoms with E-state index < -0.39 is 12.3 Å². The number of hydrogen-bond donors (Lipinski definition) is 1. The minimum Gasteiger partial charge on any atom is -1.00 e. The molecule has 2 aliphatic rings. The molecule has 162 valence electrons. The van der Waals surface area contributed by atoms with Crippen LogP contribution in [-0.4, -0.2) is 42.3 Å². The molecule has 30 heavy (non-hydrogen) atoms. The number of nitrogens with zero attached hydrogens (tertiary/aromatic N) is 2. The Morgan fingerprint density at radius 1 is 1.07 bits per heavy atom. The lowest BCUT2D eigenvalue weighted by molar-refractivity contribution is -0.658. The number of hydrogen-bond acceptors (Lipinski definition) is 4. The van der Waals surface area contributed by atoms with Gasteiger partial charge < -0.3 is 31.6 Å². The van der Waals surface area contributed by atoms with Gasteiger partial charge >= 0.3 is 6.61 Å². The van der Waals surface area contributed by atoms with E-state index in [4.69, 9.17) is 4.74 Å². The van der Waals surface area contributed by atoms with Crippen molar-refractivity contribution < 1.29 is 44.9 Å². The van der Waals surface area contributed by atoms with Crippen LogP contribution in [0.4, 0.5) is 14.5 Å². The maximum Gasteiger partial charge on any atom is 0.387 e. The van der Waals surface area contributed by atoms with Crippen LogP contribution in [0.25, 0.3) is 0 Å². The molecule has 1 unspecified atom stereocenters. The highest BCUT2D eigenvalue weighted by atomic mass is 79.9. The van der Waals surface area contributed by atoms with Gasteiger partial charge in [0.25, 0.3) is 11.6 Å². The third-order valence-electron chi connectivity index (χ3n) is 5.65. The standard InChI is InChI=1S/C22H25F2N2O3.BrH/c1-28-19-8-5-4-7-18(19)25-15-22(27,26-14-6-2-3-9-20(25)26)16-10-12-17(13-11-16)29-21(23)24;/h4-5,7-8,10-13,21,27H,2-3,6,9,14-15H2,1H3;1H/q+1;/p-1. The van der Waals surface area contributed by atoms with Crippen molar-refractivity contribution in [1.29, 1.82) is 0 Å². The SMILES string of the molecule is COc1ccccc1N1CC(O)(c2ccc(OC(F)F)cc2)[N+]2=C1CCCCC2.[Br-]. The fraction of sp³-hybridized carbons (Fsp3) is 0.409. The van der Waals surface area contributed by atoms with Crippen LogP contribution in [0.15, 0.2) is 48.5 Å². The van der Waals surface area contributed by atoms with E-state index in [0.717, 1.165) is 49.5 Å². The number of amidine groups is 1. The summed E-state index contributed by atoms with van der Waals surface area (Å²) in [4.78, 5) is 2.12. The zero-order chi connectivity index (χ0) is 20.4. The smallest absolute Gasteiger partial charge is 0.387 e. The lowest BCUT2D eigenvalue weighted by atomic mass is 10.0. The fourth-order valence-corrected chi connectivity index (χ4v) is 4.30. The van der Waals surface area contributed by atoms with Gasteiger partial charge in [-0.1, -0.05) is 12.1 Å². The maximum absolute atomic E-state index is 12.5. The van der Waals surface area contributed by atoms with Gasteiger partial charge in [0.1, 0.15) is 5.75 Å². The average Bonchev–Trinajstić information content (AvgIpc) is 2.87. The van der Waals surface area contributed by atoms with Crippen LogP contribution in [-0.2, 0) is 5.72 Å². The summed E-state index contributed by atoms with van der Waals surface area (Å²) < 4.78 is 37.0. The van der Waals surface area contributed by atoms with Crippen molar-refractivity contribution in [2.75, 3.05) is 25.1 Å². The lowest BCUT2D eigenvalue weighted by Gasteiger charge is -2.24. The van der Waals surface area contributed by atoms with E-state index in [1.807, 2.05) is 24.3 Å². The van der Waals surface area contributed by atoms with Gasteiger partial charge in [-0.3, -0.25) is 0 Å². The Morgan fingerprint density at radius 2 is 1.80 bits per heavy atom. The highest BCUT2D eigenvalue weighted by Crippen LogP contribution is 2.39. The lowest BCUT2D eigenvalue weighted by Crippen LogP contribution is -3.00. The molecule has 1 N–H and O–H groups in total. The fourth-order valence-electron chi connectivity index (χ4n) is 4.30. The molecular formula is C22H25BrF2N2O3. The number of benzene rings is 2. The summed E-state index contributed by atoms with van der Waals surface area (Å²) in [5, 5.41) is 11.8. The van der Waals surface area contributed by atoms with Crippen molar-refractivity contribution in [3.8, 4) is 11.5 Å². The average molecular weight is 483 g/mol. The van der Waals surface area contributed by atoms with E-state index >= 15 is 0 Å². The Balaban J connectivity index is 0.00000256. The molecule has 0 bridgehead atoms. The van der Waals surface area contributed by atoms with Crippen LogP contribution in [0, 0.1) is 0 Å². The number of halogens is 3. The van der Waals surface area contributed by atoms with Crippen molar-refractivity contribution >= 4 is 11.5 Å². The van der Waals surface area contributed by atoms with Crippen LogP contribution < -0.4 is 31.4 Å². The summed E-state index contributed by atoms with van der Waals surface area (Å²) in [6.45, 7) is -1.81. The Labute approximate surface area is 185 Å². The topological polar surface area (TPSA) is 44.9 Å². The zero-order valence-corrected chi connectivity index (χ0v) is 18.3. The van der Waals surface area contributed by atoms with Crippen molar-refractivity contribution in [3.63, 3.8) is 0 Å². The zero-order valence-electron chi connectivity index (χ0n) is 16.7. The van der Waals surface area contributed by atoms with Gasteiger partial charge in [-0.15, -0.1) is 0 Å². The van der Waals surface area contributed by atoms with Crippen molar-refractivity contribution in [2.24, 2.45) is 0 Å². The van der Waals surface area contributed by atoms with Gasteiger partial charge in [-0.05, 0) is 55.7 Å². The molecule has 8 heteroatoms. The van der Waals surface area contributed by atoms with Gasteiger partial charge in [0.05, 0.1) is 13.7 Å². The number of alkyl halides is 2. The molecule has 2 heterocycles. The monoisotopic (exact) mass is 482 g/mol. The third-order valence-corrected chi connectivity index (χ3v) is 5.65. The molecule has 1 atom stereocenters. The molecular weight excluding hydrogens is 458 g/mol. The molecule has 0 spiro atoms. The molecule has 2 aromatic rings. The second-order valence-electron chi connectivity index (χ2n) is 7.36. The van der Waals surface area contributed by atoms with E-state index in [1.165, 1.54) is 12.1 Å². The molecule has 0 aromatic heterocycles. The Kier molecular flexibility index (Phi) is 6.98. The van der Waals surface area contributed by atoms with Gasteiger partial charge in [0.15, 0.2) is 18.0 Å². The van der Waals surface area contributed by atoms with Crippen LogP contribution in [0.2, 0.25) is 0 Å². The number of methoxy groups -OCH3 is 1. The number of para-hydroxylation sites is 2. The normalized spacial score (nSPS) is 21.2. The van der Waals surface area contributed by atoms with E-state index in [2.05, 4.69) is 14.2 Å². The molecule has 5 nitrogen and oxygen atoms in total. The number of β-amino-alcohol motifs (C(OH)–C–C–N with tert-alkyl or cyclic N) is 1. The minimum absolute atomic E-state index is 0. The predicted octanol–water partition coefficient (Wildman–Crippen LogP) is 0.951. The molecule has 0 fully saturated rings. The summed E-state index contributed by atoms with van der Waals surface area (Å²) in [7, 11) is 1.64. The Morgan fingerprint density at radius 3 is 2.50 bits per heavy atom. The summed E-state index contributed by atoms with van der Waals surface area (Å²) in [6.07, 6.45) is 3.98. The van der Waals surface area contributed by atoms with E-state index in [9.17, 15) is 13.9 Å². The van der Waals surface area contributed by atoms with Crippen LogP contribution in [0.3, 0.4) is 0 Å². The van der Waals surface area contributed by atoms with Gasteiger partial charge in [-0.25, -0.2) is 9.48 Å². The van der Waals surface area contributed by atoms with Gasteiger partial charge in [0, 0.05) is 12.0 Å². The summed E-state index contributed by atoms with van der Waals surface area (Å²) in [5.74, 6) is 1.88. The molecule has 2 aliphatic heterocycles. The van der Waals surface area contributed by atoms with E-state index in [0.29, 0.717) is 12.1 Å². The van der Waals surface area contributed by atoms with E-state index in [1.54, 1.807) is 19.2 Å². The number of anilines is 1. The highest BCUT2D eigenvalue weighted by Gasteiger charge is 2.52. The van der Waals surface area contributed by atoms with Crippen LogP contribution in [0.1, 0.15) is 31.2 Å². The largest absolute Gasteiger partial charge is 1.00 e. The minimum atomic E-state index is -2.87. The molecule has 2 aromatic carbocycles. The summed E-state index contributed by atoms with van der Waals surface area (Å²) >= 11 is 0. The maximum atomic E-state index is 12.5. The molecule has 4 rings (SSSR count). The molecule has 0 aliphatic carbocycles. The first-order valence-electron chi connectivity index (χ1n) is 9.84. The summed E-state index contributed by atoms with van der Waals surface area (Å²) in [6, 6.07) is 14.0. The van der Waals surface area contributed by atoms with E-state index in [-0.39, 0.29) is 22.7 Å². The predicted molar refractivity (Wildman–Crippen MR) is 106 cm³/mol. The van der Waals surface area contributed by atoms with Crippen LogP contribution >= 0.6 is 0 Å². The highest BCUT2D eigenvalue weighted by molar-refractivity contribution is 5.97. The summed E-state index contributed by atoms with van der Waals surface area (Å²) in [5.41, 5.74) is 0.297. The van der Waals surface area contributed by atoms with Gasteiger partial charge in [-0.2, -0.15) is 8.78 Å². The molecule has 0 amide bonds. The van der Waals surface area contributed by atoms with Gasteiger partial charge in [0.2, 0.25) is 0 Å². The number of ether oxygens (including phenoxy) is 2. The number of rotatable bonds is 5. The Hall–Kier alpha value is -2.19.